The molecular weight excluding hydrogens is 232 g/mol. The lowest BCUT2D eigenvalue weighted by molar-refractivity contribution is 0.262. The van der Waals surface area contributed by atoms with Crippen LogP contribution in [0.5, 0.6) is 0 Å². The summed E-state index contributed by atoms with van der Waals surface area (Å²) in [7, 11) is -1.74. The standard InChI is InChI=1S/C9H18N2O2S2/c1-7(9(10)14)15(12,13)11(2)6-8-4-3-5-8/h7-8H,3-6H2,1-2H3,(H2,10,14). The number of hydrogen-bond donors (Lipinski definition) is 1. The first-order valence-corrected chi connectivity index (χ1v) is 7.01. The van der Waals surface area contributed by atoms with Gasteiger partial charge < -0.3 is 5.73 Å². The van der Waals surface area contributed by atoms with Gasteiger partial charge in [-0.2, -0.15) is 0 Å². The van der Waals surface area contributed by atoms with Crippen molar-refractivity contribution < 1.29 is 8.42 Å². The van der Waals surface area contributed by atoms with Crippen molar-refractivity contribution in [2.24, 2.45) is 11.7 Å². The Labute approximate surface area is 96.9 Å². The zero-order chi connectivity index (χ0) is 11.6. The number of nitrogens with zero attached hydrogens (tertiary/aromatic N) is 1. The average molecular weight is 250 g/mol. The van der Waals surface area contributed by atoms with E-state index in [1.165, 1.54) is 17.6 Å². The zero-order valence-corrected chi connectivity index (χ0v) is 10.8. The van der Waals surface area contributed by atoms with E-state index in [0.717, 1.165) is 12.8 Å². The van der Waals surface area contributed by atoms with Crippen LogP contribution in [0.4, 0.5) is 0 Å². The molecule has 4 nitrogen and oxygen atoms in total. The summed E-state index contributed by atoms with van der Waals surface area (Å²) in [5, 5.41) is -0.766. The quantitative estimate of drug-likeness (QED) is 0.730. The first-order valence-electron chi connectivity index (χ1n) is 5.10. The monoisotopic (exact) mass is 250 g/mol. The Kier molecular flexibility index (Phi) is 4.08. The fraction of sp³-hybridized carbons (Fsp3) is 0.889. The van der Waals surface area contributed by atoms with E-state index in [9.17, 15) is 8.42 Å². The lowest BCUT2D eigenvalue weighted by atomic mass is 9.86. The highest BCUT2D eigenvalue weighted by atomic mass is 32.2. The Morgan fingerprint density at radius 1 is 1.60 bits per heavy atom. The van der Waals surface area contributed by atoms with E-state index in [-0.39, 0.29) is 4.99 Å². The number of rotatable bonds is 5. The molecule has 2 N–H and O–H groups in total. The molecule has 0 bridgehead atoms. The van der Waals surface area contributed by atoms with Gasteiger partial charge in [-0.1, -0.05) is 18.6 Å². The third kappa shape index (κ3) is 2.89. The van der Waals surface area contributed by atoms with Gasteiger partial charge in [0.15, 0.2) is 0 Å². The third-order valence-electron chi connectivity index (χ3n) is 3.02. The molecule has 1 atom stereocenters. The van der Waals surface area contributed by atoms with E-state index in [1.54, 1.807) is 7.05 Å². The zero-order valence-electron chi connectivity index (χ0n) is 9.14. The van der Waals surface area contributed by atoms with E-state index < -0.39 is 15.3 Å². The van der Waals surface area contributed by atoms with Crippen LogP contribution in [0.3, 0.4) is 0 Å². The van der Waals surface area contributed by atoms with Crippen LogP contribution in [0.2, 0.25) is 0 Å². The van der Waals surface area contributed by atoms with Crippen molar-refractivity contribution in [2.45, 2.75) is 31.4 Å². The number of thiocarbonyl (C=S) groups is 1. The summed E-state index contributed by atoms with van der Waals surface area (Å²) in [6.45, 7) is 2.13. The second-order valence-corrected chi connectivity index (χ2v) is 7.00. The predicted molar refractivity (Wildman–Crippen MR) is 65.1 cm³/mol. The summed E-state index contributed by atoms with van der Waals surface area (Å²) < 4.78 is 25.2. The normalized spacial score (nSPS) is 19.9. The lowest BCUT2D eigenvalue weighted by Gasteiger charge is -2.30. The molecule has 0 aliphatic heterocycles. The summed E-state index contributed by atoms with van der Waals surface area (Å²) >= 11 is 4.71. The molecule has 0 aromatic carbocycles. The van der Waals surface area contributed by atoms with E-state index in [0.29, 0.717) is 12.5 Å². The Bertz CT molecular complexity index is 336. The molecule has 15 heavy (non-hydrogen) atoms. The Hall–Kier alpha value is -0.200. The summed E-state index contributed by atoms with van der Waals surface area (Å²) in [4.78, 5) is 0.0375. The molecule has 0 spiro atoms. The van der Waals surface area contributed by atoms with Crippen molar-refractivity contribution in [1.82, 2.24) is 4.31 Å². The minimum Gasteiger partial charge on any atom is -0.392 e. The van der Waals surface area contributed by atoms with Crippen molar-refractivity contribution in [2.75, 3.05) is 13.6 Å². The smallest absolute Gasteiger partial charge is 0.222 e. The van der Waals surface area contributed by atoms with E-state index in [4.69, 9.17) is 18.0 Å². The molecule has 1 fully saturated rings. The van der Waals surface area contributed by atoms with Gasteiger partial charge in [-0.3, -0.25) is 0 Å². The fourth-order valence-electron chi connectivity index (χ4n) is 1.56. The van der Waals surface area contributed by atoms with Gasteiger partial charge in [0.2, 0.25) is 10.0 Å². The van der Waals surface area contributed by atoms with E-state index in [1.807, 2.05) is 0 Å². The van der Waals surface area contributed by atoms with Crippen molar-refractivity contribution in [3.05, 3.63) is 0 Å². The van der Waals surface area contributed by atoms with Crippen LogP contribution in [0.1, 0.15) is 26.2 Å². The highest BCUT2D eigenvalue weighted by molar-refractivity contribution is 7.92. The van der Waals surface area contributed by atoms with Gasteiger partial charge in [0.05, 0.1) is 4.99 Å². The topological polar surface area (TPSA) is 63.4 Å². The SMILES string of the molecule is CC(C(N)=S)S(=O)(=O)N(C)CC1CCC1. The number of sulfonamides is 1. The molecule has 0 heterocycles. The van der Waals surface area contributed by atoms with Gasteiger partial charge in [-0.15, -0.1) is 0 Å². The van der Waals surface area contributed by atoms with Gasteiger partial charge in [0.25, 0.3) is 0 Å². The van der Waals surface area contributed by atoms with Gasteiger partial charge in [-0.05, 0) is 25.7 Å². The first-order chi connectivity index (χ1) is 6.85. The molecule has 1 aliphatic rings. The third-order valence-corrected chi connectivity index (χ3v) is 5.69. The molecule has 0 saturated heterocycles. The lowest BCUT2D eigenvalue weighted by Crippen LogP contribution is -2.43. The highest BCUT2D eigenvalue weighted by Crippen LogP contribution is 2.27. The van der Waals surface area contributed by atoms with Crippen LogP contribution in [0, 0.1) is 5.92 Å². The molecule has 88 valence electrons. The van der Waals surface area contributed by atoms with E-state index >= 15 is 0 Å². The molecule has 0 radical (unpaired) electrons. The highest BCUT2D eigenvalue weighted by Gasteiger charge is 2.30. The van der Waals surface area contributed by atoms with Gasteiger partial charge >= 0.3 is 0 Å². The maximum atomic E-state index is 11.9. The van der Waals surface area contributed by atoms with Crippen molar-refractivity contribution in [3.63, 3.8) is 0 Å². The summed E-state index contributed by atoms with van der Waals surface area (Å²) in [6.07, 6.45) is 3.46. The van der Waals surface area contributed by atoms with Crippen LogP contribution in [-0.2, 0) is 10.0 Å². The molecule has 0 aromatic rings. The molecule has 1 unspecified atom stereocenters. The van der Waals surface area contributed by atoms with Crippen LogP contribution in [-0.4, -0.2) is 36.6 Å². The second-order valence-electron chi connectivity index (χ2n) is 4.17. The molecule has 1 aliphatic carbocycles. The second kappa shape index (κ2) is 4.76. The molecule has 1 rings (SSSR count). The van der Waals surface area contributed by atoms with Crippen LogP contribution in [0.25, 0.3) is 0 Å². The summed E-state index contributed by atoms with van der Waals surface area (Å²) in [5.74, 6) is 0.517. The molecule has 0 amide bonds. The van der Waals surface area contributed by atoms with Gasteiger partial charge in [0, 0.05) is 13.6 Å². The van der Waals surface area contributed by atoms with Crippen LogP contribution in [0.15, 0.2) is 0 Å². The van der Waals surface area contributed by atoms with Gasteiger partial charge in [-0.25, -0.2) is 12.7 Å². The average Bonchev–Trinajstić information content (AvgIpc) is 2.09. The Morgan fingerprint density at radius 2 is 2.13 bits per heavy atom. The predicted octanol–water partition coefficient (Wildman–Crippen LogP) is 0.723. The minimum atomic E-state index is -3.34. The van der Waals surface area contributed by atoms with Crippen molar-refractivity contribution in [1.29, 1.82) is 0 Å². The number of hydrogen-bond acceptors (Lipinski definition) is 3. The van der Waals surface area contributed by atoms with Crippen molar-refractivity contribution >= 4 is 27.2 Å². The van der Waals surface area contributed by atoms with Crippen molar-refractivity contribution in [3.8, 4) is 0 Å². The van der Waals surface area contributed by atoms with Gasteiger partial charge in [0.1, 0.15) is 5.25 Å². The minimum absolute atomic E-state index is 0.0375. The first kappa shape index (κ1) is 12.9. The maximum Gasteiger partial charge on any atom is 0.222 e. The summed E-state index contributed by atoms with van der Waals surface area (Å²) in [6, 6.07) is 0. The number of nitrogens with two attached hydrogens (primary N) is 1. The largest absolute Gasteiger partial charge is 0.392 e. The van der Waals surface area contributed by atoms with Crippen LogP contribution < -0.4 is 5.73 Å². The molecule has 0 aromatic heterocycles. The van der Waals surface area contributed by atoms with Crippen LogP contribution >= 0.6 is 12.2 Å². The fourth-order valence-corrected chi connectivity index (χ4v) is 3.18. The molecule has 6 heteroatoms. The molecular formula is C9H18N2O2S2. The maximum absolute atomic E-state index is 11.9. The van der Waals surface area contributed by atoms with E-state index in [2.05, 4.69) is 0 Å². The Balaban J connectivity index is 2.63. The Morgan fingerprint density at radius 3 is 2.47 bits per heavy atom. The molecule has 1 saturated carbocycles. The summed E-state index contributed by atoms with van der Waals surface area (Å²) in [5.41, 5.74) is 5.36.